The van der Waals surface area contributed by atoms with E-state index in [1.165, 1.54) is 6.07 Å². The van der Waals surface area contributed by atoms with E-state index in [9.17, 15) is 9.90 Å². The first-order chi connectivity index (χ1) is 9.60. The number of hydrogen-bond acceptors (Lipinski definition) is 4. The predicted molar refractivity (Wildman–Crippen MR) is 76.0 cm³/mol. The number of rotatable bonds is 5. The highest BCUT2D eigenvalue weighted by molar-refractivity contribution is 5.85. The summed E-state index contributed by atoms with van der Waals surface area (Å²) < 4.78 is 0. The van der Waals surface area contributed by atoms with Crippen LogP contribution in [0, 0.1) is 0 Å². The molecule has 0 aliphatic carbocycles. The van der Waals surface area contributed by atoms with Gasteiger partial charge in [-0.3, -0.25) is 0 Å². The Hall–Kier alpha value is -2.56. The topological polar surface area (TPSA) is 73.7 Å². The Bertz CT molecular complexity index is 614. The quantitative estimate of drug-likeness (QED) is 0.874. The number of anilines is 1. The standard InChI is InChI=1S/C15H16N2O3/c1-2-17(12-6-4-7-13(18)9-12)10-11-5-3-8-14(16-11)15(19)20/h3-9,18H,2,10H2,1H3,(H,19,20). The van der Waals surface area contributed by atoms with Crippen LogP contribution in [0.5, 0.6) is 5.75 Å². The largest absolute Gasteiger partial charge is 0.508 e. The molecule has 0 spiro atoms. The third-order valence-corrected chi connectivity index (χ3v) is 2.96. The van der Waals surface area contributed by atoms with Crippen molar-refractivity contribution in [3.05, 3.63) is 53.9 Å². The van der Waals surface area contributed by atoms with Gasteiger partial charge in [0, 0.05) is 18.3 Å². The number of pyridine rings is 1. The summed E-state index contributed by atoms with van der Waals surface area (Å²) in [6.07, 6.45) is 0. The van der Waals surface area contributed by atoms with Crippen molar-refractivity contribution in [1.29, 1.82) is 0 Å². The maximum Gasteiger partial charge on any atom is 0.354 e. The van der Waals surface area contributed by atoms with Crippen molar-refractivity contribution in [2.24, 2.45) is 0 Å². The van der Waals surface area contributed by atoms with Crippen LogP contribution in [0.25, 0.3) is 0 Å². The number of nitrogens with zero attached hydrogens (tertiary/aromatic N) is 2. The Labute approximate surface area is 117 Å². The summed E-state index contributed by atoms with van der Waals surface area (Å²) in [4.78, 5) is 17.0. The smallest absolute Gasteiger partial charge is 0.354 e. The van der Waals surface area contributed by atoms with Crippen LogP contribution >= 0.6 is 0 Å². The summed E-state index contributed by atoms with van der Waals surface area (Å²) in [5.41, 5.74) is 1.58. The molecule has 1 aromatic carbocycles. The minimum atomic E-state index is -1.03. The maximum atomic E-state index is 10.9. The second kappa shape index (κ2) is 6.06. The van der Waals surface area contributed by atoms with Crippen LogP contribution in [-0.4, -0.2) is 27.7 Å². The summed E-state index contributed by atoms with van der Waals surface area (Å²) in [6.45, 7) is 3.20. The molecule has 104 valence electrons. The second-order valence-electron chi connectivity index (χ2n) is 4.35. The fourth-order valence-corrected chi connectivity index (χ4v) is 1.96. The number of carboxylic acids is 1. The molecule has 0 aliphatic heterocycles. The molecule has 2 N–H and O–H groups in total. The lowest BCUT2D eigenvalue weighted by molar-refractivity contribution is 0.0690. The molecule has 0 fully saturated rings. The van der Waals surface area contributed by atoms with Gasteiger partial charge in [-0.2, -0.15) is 0 Å². The van der Waals surface area contributed by atoms with Crippen molar-refractivity contribution in [3.63, 3.8) is 0 Å². The van der Waals surface area contributed by atoms with Crippen LogP contribution in [0.1, 0.15) is 23.1 Å². The lowest BCUT2D eigenvalue weighted by atomic mass is 10.2. The van der Waals surface area contributed by atoms with Gasteiger partial charge in [-0.05, 0) is 31.2 Å². The molecule has 0 atom stereocenters. The van der Waals surface area contributed by atoms with E-state index in [4.69, 9.17) is 5.11 Å². The van der Waals surface area contributed by atoms with Gasteiger partial charge in [0.25, 0.3) is 0 Å². The van der Waals surface area contributed by atoms with Crippen LogP contribution in [0.3, 0.4) is 0 Å². The number of benzene rings is 1. The number of carbonyl (C=O) groups is 1. The predicted octanol–water partition coefficient (Wildman–Crippen LogP) is 2.51. The molecule has 0 bridgehead atoms. The lowest BCUT2D eigenvalue weighted by Crippen LogP contribution is -2.22. The number of hydrogen-bond donors (Lipinski definition) is 2. The van der Waals surface area contributed by atoms with Crippen molar-refractivity contribution < 1.29 is 15.0 Å². The minimum Gasteiger partial charge on any atom is -0.508 e. The highest BCUT2D eigenvalue weighted by Gasteiger charge is 2.09. The molecule has 0 saturated carbocycles. The van der Waals surface area contributed by atoms with Gasteiger partial charge in [0.05, 0.1) is 12.2 Å². The average molecular weight is 272 g/mol. The van der Waals surface area contributed by atoms with Gasteiger partial charge in [-0.15, -0.1) is 0 Å². The van der Waals surface area contributed by atoms with Crippen molar-refractivity contribution in [2.75, 3.05) is 11.4 Å². The second-order valence-corrected chi connectivity index (χ2v) is 4.35. The Morgan fingerprint density at radius 3 is 2.65 bits per heavy atom. The van der Waals surface area contributed by atoms with Gasteiger partial charge >= 0.3 is 5.97 Å². The van der Waals surface area contributed by atoms with Crippen LogP contribution in [0.15, 0.2) is 42.5 Å². The molecule has 2 rings (SSSR count). The zero-order valence-corrected chi connectivity index (χ0v) is 11.2. The van der Waals surface area contributed by atoms with Gasteiger partial charge in [-0.1, -0.05) is 12.1 Å². The number of aromatic carboxylic acids is 1. The van der Waals surface area contributed by atoms with Crippen LogP contribution in [0.2, 0.25) is 0 Å². The van der Waals surface area contributed by atoms with Gasteiger partial charge < -0.3 is 15.1 Å². The zero-order valence-electron chi connectivity index (χ0n) is 11.2. The fraction of sp³-hybridized carbons (Fsp3) is 0.200. The van der Waals surface area contributed by atoms with Gasteiger partial charge in [0.1, 0.15) is 11.4 Å². The molecule has 1 aromatic heterocycles. The third kappa shape index (κ3) is 3.26. The van der Waals surface area contributed by atoms with E-state index >= 15 is 0 Å². The number of carboxylic acid groups (broad SMARTS) is 1. The van der Waals surface area contributed by atoms with E-state index in [1.807, 2.05) is 17.9 Å². The third-order valence-electron chi connectivity index (χ3n) is 2.96. The summed E-state index contributed by atoms with van der Waals surface area (Å²) in [5.74, 6) is -0.833. The van der Waals surface area contributed by atoms with Crippen LogP contribution < -0.4 is 4.90 Å². The Morgan fingerprint density at radius 1 is 1.25 bits per heavy atom. The Kier molecular flexibility index (Phi) is 4.20. The first kappa shape index (κ1) is 13.9. The molecule has 20 heavy (non-hydrogen) atoms. The summed E-state index contributed by atoms with van der Waals surface area (Å²) in [6, 6.07) is 11.9. The SMILES string of the molecule is CCN(Cc1cccc(C(=O)O)n1)c1cccc(O)c1. The normalized spacial score (nSPS) is 10.2. The average Bonchev–Trinajstić information content (AvgIpc) is 2.45. The first-order valence-corrected chi connectivity index (χ1v) is 6.33. The molecule has 0 unspecified atom stereocenters. The summed E-state index contributed by atoms with van der Waals surface area (Å²) in [7, 11) is 0. The van der Waals surface area contributed by atoms with Crippen LogP contribution in [-0.2, 0) is 6.54 Å². The molecule has 0 aliphatic rings. The van der Waals surface area contributed by atoms with Crippen molar-refractivity contribution in [2.45, 2.75) is 13.5 Å². The van der Waals surface area contributed by atoms with Gasteiger partial charge in [0.2, 0.25) is 0 Å². The lowest BCUT2D eigenvalue weighted by Gasteiger charge is -2.23. The summed E-state index contributed by atoms with van der Waals surface area (Å²) in [5, 5.41) is 18.5. The minimum absolute atomic E-state index is 0.0365. The van der Waals surface area contributed by atoms with E-state index in [2.05, 4.69) is 4.98 Å². The Morgan fingerprint density at radius 2 is 2.00 bits per heavy atom. The van der Waals surface area contributed by atoms with E-state index < -0.39 is 5.97 Å². The first-order valence-electron chi connectivity index (χ1n) is 6.33. The molecule has 1 heterocycles. The molecule has 0 saturated heterocycles. The highest BCUT2D eigenvalue weighted by Crippen LogP contribution is 2.21. The highest BCUT2D eigenvalue weighted by atomic mass is 16.4. The van der Waals surface area contributed by atoms with Gasteiger partial charge in [-0.25, -0.2) is 9.78 Å². The molecular weight excluding hydrogens is 256 g/mol. The van der Waals surface area contributed by atoms with E-state index in [0.29, 0.717) is 12.2 Å². The number of aromatic nitrogens is 1. The molecule has 5 nitrogen and oxygen atoms in total. The number of aromatic hydroxyl groups is 1. The maximum absolute atomic E-state index is 10.9. The van der Waals surface area contributed by atoms with E-state index in [0.717, 1.165) is 12.2 Å². The van der Waals surface area contributed by atoms with E-state index in [1.54, 1.807) is 30.3 Å². The molecule has 0 radical (unpaired) electrons. The van der Waals surface area contributed by atoms with Crippen LogP contribution in [0.4, 0.5) is 5.69 Å². The van der Waals surface area contributed by atoms with E-state index in [-0.39, 0.29) is 11.4 Å². The fourth-order valence-electron chi connectivity index (χ4n) is 1.96. The van der Waals surface area contributed by atoms with Crippen molar-refractivity contribution >= 4 is 11.7 Å². The zero-order chi connectivity index (χ0) is 14.5. The molecule has 0 amide bonds. The number of phenols is 1. The molecule has 2 aromatic rings. The summed E-state index contributed by atoms with van der Waals surface area (Å²) >= 11 is 0. The monoisotopic (exact) mass is 272 g/mol. The number of phenolic OH excluding ortho intramolecular Hbond substituents is 1. The van der Waals surface area contributed by atoms with Gasteiger partial charge in [0.15, 0.2) is 0 Å². The van der Waals surface area contributed by atoms with Crippen molar-refractivity contribution in [1.82, 2.24) is 4.98 Å². The van der Waals surface area contributed by atoms with Crippen molar-refractivity contribution in [3.8, 4) is 5.75 Å². The molecular formula is C15H16N2O3. The Balaban J connectivity index is 2.22. The molecule has 5 heteroatoms.